The smallest absolute Gasteiger partial charge is 0.0236 e. The van der Waals surface area contributed by atoms with Crippen LogP contribution in [0.4, 0.5) is 0 Å². The molecule has 0 spiro atoms. The Morgan fingerprint density at radius 3 is 2.76 bits per heavy atom. The summed E-state index contributed by atoms with van der Waals surface area (Å²) in [6, 6.07) is 9.15. The van der Waals surface area contributed by atoms with E-state index in [0.717, 1.165) is 18.4 Å². The van der Waals surface area contributed by atoms with Crippen molar-refractivity contribution in [2.45, 2.75) is 51.5 Å². The lowest BCUT2D eigenvalue weighted by Gasteiger charge is -2.30. The normalized spacial score (nSPS) is 22.7. The summed E-state index contributed by atoms with van der Waals surface area (Å²) in [4.78, 5) is 2.69. The van der Waals surface area contributed by atoms with E-state index in [9.17, 15) is 0 Å². The maximum absolute atomic E-state index is 3.56. The van der Waals surface area contributed by atoms with Crippen molar-refractivity contribution >= 4 is 0 Å². The first kappa shape index (κ1) is 15.1. The van der Waals surface area contributed by atoms with Gasteiger partial charge in [-0.15, -0.1) is 0 Å². The molecular formula is C19H30N2. The van der Waals surface area contributed by atoms with Crippen LogP contribution in [0.1, 0.15) is 56.1 Å². The predicted octanol–water partition coefficient (Wildman–Crippen LogP) is 3.78. The molecule has 1 aliphatic carbocycles. The summed E-state index contributed by atoms with van der Waals surface area (Å²) in [5, 5.41) is 3.56. The van der Waals surface area contributed by atoms with Crippen molar-refractivity contribution in [2.75, 3.05) is 26.2 Å². The Balaban J connectivity index is 1.63. The number of benzene rings is 1. The minimum Gasteiger partial charge on any atom is -0.316 e. The summed E-state index contributed by atoms with van der Waals surface area (Å²) < 4.78 is 0. The number of rotatable bonds is 7. The first-order valence-electron chi connectivity index (χ1n) is 8.87. The van der Waals surface area contributed by atoms with Crippen LogP contribution in [0.3, 0.4) is 0 Å². The van der Waals surface area contributed by atoms with Gasteiger partial charge in [0.1, 0.15) is 0 Å². The Hall–Kier alpha value is -0.860. The van der Waals surface area contributed by atoms with Crippen molar-refractivity contribution in [1.29, 1.82) is 0 Å². The van der Waals surface area contributed by atoms with Crippen LogP contribution in [0.15, 0.2) is 24.3 Å². The number of piperidine rings is 1. The maximum Gasteiger partial charge on any atom is 0.0236 e. The van der Waals surface area contributed by atoms with Gasteiger partial charge < -0.3 is 5.32 Å². The van der Waals surface area contributed by atoms with Crippen LogP contribution in [0.2, 0.25) is 0 Å². The zero-order valence-electron chi connectivity index (χ0n) is 13.5. The first-order valence-corrected chi connectivity index (χ1v) is 8.87. The van der Waals surface area contributed by atoms with Gasteiger partial charge in [0.05, 0.1) is 0 Å². The highest BCUT2D eigenvalue weighted by atomic mass is 15.1. The van der Waals surface area contributed by atoms with Crippen molar-refractivity contribution in [1.82, 2.24) is 10.2 Å². The molecule has 21 heavy (non-hydrogen) atoms. The van der Waals surface area contributed by atoms with Crippen LogP contribution >= 0.6 is 0 Å². The average Bonchev–Trinajstić information content (AvgIpc) is 3.34. The van der Waals surface area contributed by atoms with Gasteiger partial charge in [0.15, 0.2) is 0 Å². The molecule has 0 bridgehead atoms. The summed E-state index contributed by atoms with van der Waals surface area (Å²) in [7, 11) is 0. The highest BCUT2D eigenvalue weighted by Crippen LogP contribution is 2.41. The second-order valence-electron chi connectivity index (χ2n) is 6.92. The predicted molar refractivity (Wildman–Crippen MR) is 89.6 cm³/mol. The van der Waals surface area contributed by atoms with Crippen LogP contribution in [0.25, 0.3) is 0 Å². The van der Waals surface area contributed by atoms with Crippen LogP contribution in [-0.2, 0) is 6.54 Å². The average molecular weight is 286 g/mol. The minimum absolute atomic E-state index is 0.846. The molecule has 1 atom stereocenters. The molecule has 2 aliphatic rings. The third-order valence-corrected chi connectivity index (χ3v) is 4.92. The van der Waals surface area contributed by atoms with Crippen molar-refractivity contribution in [3.8, 4) is 0 Å². The number of hydrogen-bond acceptors (Lipinski definition) is 2. The molecule has 1 heterocycles. The van der Waals surface area contributed by atoms with Crippen LogP contribution < -0.4 is 5.32 Å². The summed E-state index contributed by atoms with van der Waals surface area (Å²) in [5.41, 5.74) is 3.21. The Labute approximate surface area is 129 Å². The van der Waals surface area contributed by atoms with Gasteiger partial charge in [0, 0.05) is 13.1 Å². The van der Waals surface area contributed by atoms with Gasteiger partial charge in [0.25, 0.3) is 0 Å². The largest absolute Gasteiger partial charge is 0.316 e. The Morgan fingerprint density at radius 1 is 1.19 bits per heavy atom. The van der Waals surface area contributed by atoms with Crippen LogP contribution in [0.5, 0.6) is 0 Å². The Bertz CT molecular complexity index is 433. The molecule has 3 rings (SSSR count). The molecule has 1 aromatic rings. The highest BCUT2D eigenvalue weighted by Gasteiger charge is 2.26. The lowest BCUT2D eigenvalue weighted by Crippen LogP contribution is -2.38. The molecule has 1 aliphatic heterocycles. The van der Waals surface area contributed by atoms with Gasteiger partial charge >= 0.3 is 0 Å². The van der Waals surface area contributed by atoms with E-state index in [4.69, 9.17) is 0 Å². The van der Waals surface area contributed by atoms with E-state index in [1.54, 1.807) is 11.1 Å². The fraction of sp³-hybridized carbons (Fsp3) is 0.684. The molecule has 2 nitrogen and oxygen atoms in total. The minimum atomic E-state index is 0.846. The number of nitrogens with zero attached hydrogens (tertiary/aromatic N) is 1. The summed E-state index contributed by atoms with van der Waals surface area (Å²) >= 11 is 0. The monoisotopic (exact) mass is 286 g/mol. The van der Waals surface area contributed by atoms with Crippen LogP contribution in [0, 0.1) is 5.92 Å². The second kappa shape index (κ2) is 7.42. The lowest BCUT2D eigenvalue weighted by molar-refractivity contribution is 0.201. The highest BCUT2D eigenvalue weighted by molar-refractivity contribution is 5.33. The fourth-order valence-corrected chi connectivity index (χ4v) is 3.71. The molecule has 0 amide bonds. The molecule has 1 saturated carbocycles. The zero-order chi connectivity index (χ0) is 14.5. The van der Waals surface area contributed by atoms with E-state index in [2.05, 4.69) is 41.4 Å². The van der Waals surface area contributed by atoms with Crippen molar-refractivity contribution < 1.29 is 0 Å². The van der Waals surface area contributed by atoms with Gasteiger partial charge in [-0.2, -0.15) is 0 Å². The fourth-order valence-electron chi connectivity index (χ4n) is 3.71. The molecule has 0 radical (unpaired) electrons. The summed E-state index contributed by atoms with van der Waals surface area (Å²) in [6.45, 7) is 8.38. The second-order valence-corrected chi connectivity index (χ2v) is 6.92. The van der Waals surface area contributed by atoms with Gasteiger partial charge in [-0.25, -0.2) is 0 Å². The van der Waals surface area contributed by atoms with Crippen molar-refractivity contribution in [2.24, 2.45) is 5.92 Å². The quantitative estimate of drug-likeness (QED) is 0.820. The molecule has 1 N–H and O–H groups in total. The number of nitrogens with one attached hydrogen (secondary N) is 1. The van der Waals surface area contributed by atoms with Crippen molar-refractivity contribution in [3.05, 3.63) is 35.4 Å². The van der Waals surface area contributed by atoms with Gasteiger partial charge in [-0.1, -0.05) is 31.2 Å². The molecule has 1 unspecified atom stereocenters. The van der Waals surface area contributed by atoms with Gasteiger partial charge in [0.2, 0.25) is 0 Å². The number of hydrogen-bond donors (Lipinski definition) is 1. The molecular weight excluding hydrogens is 256 g/mol. The van der Waals surface area contributed by atoms with Gasteiger partial charge in [-0.05, 0) is 74.7 Å². The van der Waals surface area contributed by atoms with Crippen LogP contribution in [-0.4, -0.2) is 31.1 Å². The molecule has 2 fully saturated rings. The summed E-state index contributed by atoms with van der Waals surface area (Å²) in [6.07, 6.45) is 6.81. The van der Waals surface area contributed by atoms with E-state index in [1.165, 1.54) is 58.3 Å². The van der Waals surface area contributed by atoms with Gasteiger partial charge in [-0.3, -0.25) is 4.90 Å². The molecule has 116 valence electrons. The topological polar surface area (TPSA) is 15.3 Å². The first-order chi connectivity index (χ1) is 10.4. The van der Waals surface area contributed by atoms with E-state index in [-0.39, 0.29) is 0 Å². The van der Waals surface area contributed by atoms with E-state index < -0.39 is 0 Å². The van der Waals surface area contributed by atoms with Crippen molar-refractivity contribution in [3.63, 3.8) is 0 Å². The molecule has 0 aromatic heterocycles. The molecule has 1 aromatic carbocycles. The molecule has 1 saturated heterocycles. The Morgan fingerprint density at radius 2 is 2.05 bits per heavy atom. The maximum atomic E-state index is 3.56. The standard InChI is InChI=1S/C19H30N2/c1-2-12-21(14-16-6-5-11-20-13-16)15-18-7-3-4-8-19(18)17-9-10-17/h3-4,7-8,16-17,20H,2,5-6,9-15H2,1H3. The Kier molecular flexibility index (Phi) is 5.32. The molecule has 2 heteroatoms. The van der Waals surface area contributed by atoms with E-state index >= 15 is 0 Å². The third-order valence-electron chi connectivity index (χ3n) is 4.92. The van der Waals surface area contributed by atoms with E-state index in [0.29, 0.717) is 0 Å². The third kappa shape index (κ3) is 4.31. The summed E-state index contributed by atoms with van der Waals surface area (Å²) in [5.74, 6) is 1.71. The zero-order valence-corrected chi connectivity index (χ0v) is 13.5. The lowest BCUT2D eigenvalue weighted by atomic mass is 9.98. The van der Waals surface area contributed by atoms with E-state index in [1.807, 2.05) is 0 Å². The SMILES string of the molecule is CCCN(Cc1ccccc1C1CC1)CC1CCCNC1.